The summed E-state index contributed by atoms with van der Waals surface area (Å²) in [4.78, 5) is 17.0. The quantitative estimate of drug-likeness (QED) is 0.708. The van der Waals surface area contributed by atoms with Crippen LogP contribution >= 0.6 is 0 Å². The first-order valence-corrected chi connectivity index (χ1v) is 11.4. The number of carbonyl (C=O) groups excluding carboxylic acids is 1. The van der Waals surface area contributed by atoms with E-state index in [9.17, 15) is 4.79 Å². The average Bonchev–Trinajstić information content (AvgIpc) is 3.34. The van der Waals surface area contributed by atoms with Crippen molar-refractivity contribution in [3.05, 3.63) is 41.0 Å². The SMILES string of the molecule is C[C@@H](NC(=O)c1nc(C(C)(C)C)no1)c1ccc(B2OC(C)(C)C(C)(C)O2)cc1C1CC1. The van der Waals surface area contributed by atoms with Crippen molar-refractivity contribution in [2.45, 2.75) is 96.8 Å². The van der Waals surface area contributed by atoms with Gasteiger partial charge in [-0.1, -0.05) is 44.1 Å². The Kier molecular flexibility index (Phi) is 5.53. The van der Waals surface area contributed by atoms with Crippen LogP contribution in [-0.4, -0.2) is 34.4 Å². The lowest BCUT2D eigenvalue weighted by molar-refractivity contribution is 0.00578. The monoisotopic (exact) mass is 439 g/mol. The Hall–Kier alpha value is -2.19. The van der Waals surface area contributed by atoms with Crippen molar-refractivity contribution in [2.24, 2.45) is 0 Å². The molecule has 4 rings (SSSR count). The first kappa shape index (κ1) is 23.0. The Bertz CT molecular complexity index is 1000. The van der Waals surface area contributed by atoms with Crippen LogP contribution in [0.4, 0.5) is 0 Å². The van der Waals surface area contributed by atoms with Gasteiger partial charge in [0.1, 0.15) is 0 Å². The van der Waals surface area contributed by atoms with Gasteiger partial charge in [0.15, 0.2) is 5.82 Å². The molecule has 0 unspecified atom stereocenters. The molecule has 1 aliphatic heterocycles. The Morgan fingerprint density at radius 1 is 1.16 bits per heavy atom. The second-order valence-electron chi connectivity index (χ2n) is 11.1. The molecular weight excluding hydrogens is 405 g/mol. The van der Waals surface area contributed by atoms with Gasteiger partial charge in [-0.05, 0) is 70.0 Å². The molecule has 1 aromatic carbocycles. The maximum absolute atomic E-state index is 12.7. The molecule has 1 aliphatic carbocycles. The van der Waals surface area contributed by atoms with Crippen LogP contribution in [-0.2, 0) is 14.7 Å². The molecule has 7 nitrogen and oxygen atoms in total. The van der Waals surface area contributed by atoms with Gasteiger partial charge in [-0.25, -0.2) is 0 Å². The number of benzene rings is 1. The molecule has 0 radical (unpaired) electrons. The summed E-state index contributed by atoms with van der Waals surface area (Å²) in [5, 5.41) is 6.97. The highest BCUT2D eigenvalue weighted by atomic mass is 16.7. The van der Waals surface area contributed by atoms with Crippen molar-refractivity contribution in [1.82, 2.24) is 15.5 Å². The molecular formula is C24H34BN3O4. The summed E-state index contributed by atoms with van der Waals surface area (Å²) in [6.07, 6.45) is 2.30. The minimum Gasteiger partial charge on any atom is -0.399 e. The van der Waals surface area contributed by atoms with Gasteiger partial charge in [-0.15, -0.1) is 0 Å². The Labute approximate surface area is 190 Å². The van der Waals surface area contributed by atoms with Crippen LogP contribution in [0.2, 0.25) is 0 Å². The van der Waals surface area contributed by atoms with E-state index in [1.54, 1.807) is 0 Å². The van der Waals surface area contributed by atoms with Gasteiger partial charge >= 0.3 is 18.9 Å². The van der Waals surface area contributed by atoms with Crippen molar-refractivity contribution in [2.75, 3.05) is 0 Å². The van der Waals surface area contributed by atoms with Gasteiger partial charge in [0.25, 0.3) is 0 Å². The number of amides is 1. The molecule has 8 heteroatoms. The van der Waals surface area contributed by atoms with Gasteiger partial charge in [-0.2, -0.15) is 4.98 Å². The largest absolute Gasteiger partial charge is 0.494 e. The number of hydrogen-bond acceptors (Lipinski definition) is 6. The highest BCUT2D eigenvalue weighted by Gasteiger charge is 2.52. The van der Waals surface area contributed by atoms with E-state index in [4.69, 9.17) is 13.8 Å². The number of aromatic nitrogens is 2. The lowest BCUT2D eigenvalue weighted by atomic mass is 9.76. The first-order valence-electron chi connectivity index (χ1n) is 11.4. The Balaban J connectivity index is 1.53. The summed E-state index contributed by atoms with van der Waals surface area (Å²) < 4.78 is 17.7. The minimum absolute atomic E-state index is 0.0106. The fourth-order valence-electron chi connectivity index (χ4n) is 3.82. The van der Waals surface area contributed by atoms with Crippen molar-refractivity contribution in [1.29, 1.82) is 0 Å². The number of nitrogens with one attached hydrogen (secondary N) is 1. The van der Waals surface area contributed by atoms with E-state index in [-0.39, 0.29) is 34.5 Å². The van der Waals surface area contributed by atoms with E-state index in [2.05, 4.69) is 55.3 Å². The summed E-state index contributed by atoms with van der Waals surface area (Å²) in [7, 11) is -0.398. The third-order valence-corrected chi connectivity index (χ3v) is 6.76. The van der Waals surface area contributed by atoms with Gasteiger partial charge in [0.2, 0.25) is 0 Å². The average molecular weight is 439 g/mol. The maximum atomic E-state index is 12.7. The Morgan fingerprint density at radius 3 is 2.31 bits per heavy atom. The molecule has 1 amide bonds. The normalized spacial score (nSPS) is 20.9. The summed E-state index contributed by atoms with van der Waals surface area (Å²) in [5.41, 5.74) is 2.30. The number of nitrogens with zero attached hydrogens (tertiary/aromatic N) is 2. The summed E-state index contributed by atoms with van der Waals surface area (Å²) in [6.45, 7) is 16.1. The smallest absolute Gasteiger partial charge is 0.399 e. The van der Waals surface area contributed by atoms with Gasteiger partial charge in [0, 0.05) is 5.41 Å². The van der Waals surface area contributed by atoms with Crippen molar-refractivity contribution >= 4 is 18.5 Å². The lowest BCUT2D eigenvalue weighted by Gasteiger charge is -2.32. The van der Waals surface area contributed by atoms with Crippen LogP contribution in [0.1, 0.15) is 108 Å². The number of rotatable bonds is 5. The molecule has 1 atom stereocenters. The molecule has 0 bridgehead atoms. The molecule has 1 saturated carbocycles. The molecule has 32 heavy (non-hydrogen) atoms. The van der Waals surface area contributed by atoms with Crippen LogP contribution < -0.4 is 10.8 Å². The lowest BCUT2D eigenvalue weighted by Crippen LogP contribution is -2.41. The van der Waals surface area contributed by atoms with Gasteiger partial charge < -0.3 is 19.1 Å². The molecule has 2 aliphatic rings. The van der Waals surface area contributed by atoms with E-state index in [0.717, 1.165) is 23.9 Å². The fourth-order valence-corrected chi connectivity index (χ4v) is 3.82. The molecule has 2 aromatic rings. The van der Waals surface area contributed by atoms with Crippen LogP contribution in [0.3, 0.4) is 0 Å². The second-order valence-corrected chi connectivity index (χ2v) is 11.1. The van der Waals surface area contributed by atoms with Crippen LogP contribution in [0.25, 0.3) is 0 Å². The fraction of sp³-hybridized carbons (Fsp3) is 0.625. The van der Waals surface area contributed by atoms with Gasteiger partial charge in [0.05, 0.1) is 17.2 Å². The summed E-state index contributed by atoms with van der Waals surface area (Å²) in [5.74, 6) is 0.643. The topological polar surface area (TPSA) is 86.5 Å². The van der Waals surface area contributed by atoms with E-state index < -0.39 is 7.12 Å². The summed E-state index contributed by atoms with van der Waals surface area (Å²) >= 11 is 0. The van der Waals surface area contributed by atoms with Crippen LogP contribution in [0.15, 0.2) is 22.7 Å². The second kappa shape index (κ2) is 7.70. The molecule has 172 valence electrons. The molecule has 2 fully saturated rings. The predicted molar refractivity (Wildman–Crippen MR) is 123 cm³/mol. The van der Waals surface area contributed by atoms with E-state index in [1.165, 1.54) is 5.56 Å². The minimum atomic E-state index is -0.398. The highest BCUT2D eigenvalue weighted by molar-refractivity contribution is 6.62. The van der Waals surface area contributed by atoms with Gasteiger partial charge in [-0.3, -0.25) is 4.79 Å². The Morgan fingerprint density at radius 2 is 1.78 bits per heavy atom. The van der Waals surface area contributed by atoms with Crippen molar-refractivity contribution < 1.29 is 18.6 Å². The highest BCUT2D eigenvalue weighted by Crippen LogP contribution is 2.43. The van der Waals surface area contributed by atoms with Crippen molar-refractivity contribution in [3.8, 4) is 0 Å². The van der Waals surface area contributed by atoms with Crippen LogP contribution in [0.5, 0.6) is 0 Å². The zero-order chi connectivity index (χ0) is 23.5. The standard InChI is InChI=1S/C24H34BN3O4/c1-14(26-19(29)20-27-21(28-30-20)22(2,3)4)17-12-11-16(13-18(17)15-9-10-15)25-31-23(5,6)24(7,8)32-25/h11-15H,9-10H2,1-8H3,(H,26,29)/t14-/m1/s1. The third kappa shape index (κ3) is 4.35. The van der Waals surface area contributed by atoms with E-state index in [1.807, 2.05) is 33.8 Å². The third-order valence-electron chi connectivity index (χ3n) is 6.76. The number of hydrogen-bond donors (Lipinski definition) is 1. The zero-order valence-electron chi connectivity index (χ0n) is 20.4. The molecule has 1 N–H and O–H groups in total. The zero-order valence-corrected chi connectivity index (χ0v) is 20.4. The predicted octanol–water partition coefficient (Wildman–Crippen LogP) is 4.03. The van der Waals surface area contributed by atoms with E-state index in [0.29, 0.717) is 11.7 Å². The molecule has 1 saturated heterocycles. The molecule has 0 spiro atoms. The first-order chi connectivity index (χ1) is 14.8. The molecule has 2 heterocycles. The summed E-state index contributed by atoms with van der Waals surface area (Å²) in [6, 6.07) is 6.10. The van der Waals surface area contributed by atoms with Crippen molar-refractivity contribution in [3.63, 3.8) is 0 Å². The number of carbonyl (C=O) groups is 1. The van der Waals surface area contributed by atoms with E-state index >= 15 is 0 Å². The molecule has 1 aromatic heterocycles. The van der Waals surface area contributed by atoms with Crippen LogP contribution in [0, 0.1) is 0 Å². The maximum Gasteiger partial charge on any atom is 0.494 e.